The summed E-state index contributed by atoms with van der Waals surface area (Å²) < 4.78 is 0. The van der Waals surface area contributed by atoms with Crippen molar-refractivity contribution in [3.8, 4) is 0 Å². The Bertz CT molecular complexity index is 336. The van der Waals surface area contributed by atoms with E-state index in [1.165, 1.54) is 4.88 Å². The van der Waals surface area contributed by atoms with Crippen molar-refractivity contribution < 1.29 is 4.79 Å². The fourth-order valence-corrected chi connectivity index (χ4v) is 2.64. The van der Waals surface area contributed by atoms with E-state index in [0.717, 1.165) is 13.0 Å². The van der Waals surface area contributed by atoms with Crippen LogP contribution in [-0.4, -0.2) is 30.4 Å². The number of carbonyl (C=O) groups is 1. The third-order valence-electron chi connectivity index (χ3n) is 2.85. The molecule has 82 valence electrons. The molecule has 4 heteroatoms. The summed E-state index contributed by atoms with van der Waals surface area (Å²) in [5, 5.41) is 5.45. The second-order valence-electron chi connectivity index (χ2n) is 4.00. The largest absolute Gasteiger partial charge is 0.344 e. The Labute approximate surface area is 94.1 Å². The molecule has 1 saturated heterocycles. The molecule has 2 heterocycles. The van der Waals surface area contributed by atoms with Crippen LogP contribution >= 0.6 is 11.3 Å². The molecule has 0 spiro atoms. The summed E-state index contributed by atoms with van der Waals surface area (Å²) in [5.41, 5.74) is 0. The van der Waals surface area contributed by atoms with Crippen molar-refractivity contribution in [2.45, 2.75) is 25.4 Å². The van der Waals surface area contributed by atoms with Crippen LogP contribution in [0.3, 0.4) is 0 Å². The maximum absolute atomic E-state index is 11.7. The van der Waals surface area contributed by atoms with E-state index in [-0.39, 0.29) is 18.0 Å². The van der Waals surface area contributed by atoms with Crippen molar-refractivity contribution in [2.75, 3.05) is 13.6 Å². The summed E-state index contributed by atoms with van der Waals surface area (Å²) in [5.74, 6) is 0.221. The second kappa shape index (κ2) is 4.33. The van der Waals surface area contributed by atoms with Crippen LogP contribution in [0.25, 0.3) is 0 Å². The highest BCUT2D eigenvalue weighted by Crippen LogP contribution is 2.20. The zero-order valence-electron chi connectivity index (χ0n) is 9.06. The number of amides is 1. The van der Waals surface area contributed by atoms with Crippen LogP contribution < -0.4 is 5.32 Å². The van der Waals surface area contributed by atoms with E-state index >= 15 is 0 Å². The monoisotopic (exact) mass is 224 g/mol. The van der Waals surface area contributed by atoms with Crippen LogP contribution in [0.1, 0.15) is 24.3 Å². The average Bonchev–Trinajstić information content (AvgIpc) is 2.83. The molecule has 1 amide bonds. The van der Waals surface area contributed by atoms with Crippen LogP contribution in [0.4, 0.5) is 0 Å². The Kier molecular flexibility index (Phi) is 3.07. The van der Waals surface area contributed by atoms with E-state index in [0.29, 0.717) is 0 Å². The molecular weight excluding hydrogens is 208 g/mol. The molecule has 0 aromatic carbocycles. The molecule has 1 aliphatic heterocycles. The third-order valence-corrected chi connectivity index (χ3v) is 3.90. The lowest BCUT2D eigenvalue weighted by atomic mass is 10.2. The Hall–Kier alpha value is -0.870. The van der Waals surface area contributed by atoms with E-state index in [9.17, 15) is 4.79 Å². The van der Waals surface area contributed by atoms with Crippen LogP contribution in [0.2, 0.25) is 0 Å². The van der Waals surface area contributed by atoms with Gasteiger partial charge in [-0.05, 0) is 24.8 Å². The van der Waals surface area contributed by atoms with E-state index in [4.69, 9.17) is 0 Å². The van der Waals surface area contributed by atoms with Gasteiger partial charge in [0.1, 0.15) is 0 Å². The molecule has 1 aromatic rings. The zero-order valence-corrected chi connectivity index (χ0v) is 9.88. The van der Waals surface area contributed by atoms with E-state index in [2.05, 4.69) is 23.7 Å². The molecule has 0 aliphatic carbocycles. The molecule has 2 rings (SSSR count). The van der Waals surface area contributed by atoms with Gasteiger partial charge in [-0.2, -0.15) is 0 Å². The Balaban J connectivity index is 1.95. The lowest BCUT2D eigenvalue weighted by molar-refractivity contribution is -0.128. The molecule has 0 bridgehead atoms. The average molecular weight is 224 g/mol. The molecule has 1 fully saturated rings. The summed E-state index contributed by atoms with van der Waals surface area (Å²) in [6.45, 7) is 2.98. The number of hydrogen-bond acceptors (Lipinski definition) is 3. The SMILES string of the molecule is C[C@H](NC1CCN(C)C1=O)c1cccs1. The Morgan fingerprint density at radius 1 is 1.67 bits per heavy atom. The second-order valence-corrected chi connectivity index (χ2v) is 4.98. The molecule has 3 nitrogen and oxygen atoms in total. The minimum Gasteiger partial charge on any atom is -0.344 e. The van der Waals surface area contributed by atoms with Crippen LogP contribution in [0, 0.1) is 0 Å². The lowest BCUT2D eigenvalue weighted by Gasteiger charge is -2.17. The maximum Gasteiger partial charge on any atom is 0.239 e. The summed E-state index contributed by atoms with van der Waals surface area (Å²) >= 11 is 1.73. The predicted molar refractivity (Wildman–Crippen MR) is 61.9 cm³/mol. The Morgan fingerprint density at radius 2 is 2.47 bits per heavy atom. The van der Waals surface area contributed by atoms with Crippen molar-refractivity contribution in [3.05, 3.63) is 22.4 Å². The minimum absolute atomic E-state index is 0.00657. The van der Waals surface area contributed by atoms with Crippen molar-refractivity contribution in [2.24, 2.45) is 0 Å². The van der Waals surface area contributed by atoms with E-state index in [1.54, 1.807) is 16.2 Å². The van der Waals surface area contributed by atoms with Crippen molar-refractivity contribution in [3.63, 3.8) is 0 Å². The summed E-state index contributed by atoms with van der Waals surface area (Å²) in [4.78, 5) is 14.8. The van der Waals surface area contributed by atoms with Gasteiger partial charge in [0.05, 0.1) is 6.04 Å². The number of likely N-dealkylation sites (N-methyl/N-ethyl adjacent to an activating group) is 1. The number of rotatable bonds is 3. The standard InChI is InChI=1S/C11H16N2OS/c1-8(10-4-3-7-15-10)12-9-5-6-13(2)11(9)14/h3-4,7-9,12H,5-6H2,1-2H3/t8-,9?/m0/s1. The number of nitrogens with zero attached hydrogens (tertiary/aromatic N) is 1. The van der Waals surface area contributed by atoms with Gasteiger partial charge in [0.2, 0.25) is 5.91 Å². The molecule has 1 aliphatic rings. The first-order valence-electron chi connectivity index (χ1n) is 5.23. The lowest BCUT2D eigenvalue weighted by Crippen LogP contribution is -2.38. The summed E-state index contributed by atoms with van der Waals surface area (Å²) in [6, 6.07) is 4.42. The van der Waals surface area contributed by atoms with E-state index in [1.807, 2.05) is 13.1 Å². The molecular formula is C11H16N2OS. The van der Waals surface area contributed by atoms with Crippen LogP contribution in [0.15, 0.2) is 17.5 Å². The van der Waals surface area contributed by atoms with Gasteiger partial charge in [-0.15, -0.1) is 11.3 Å². The smallest absolute Gasteiger partial charge is 0.239 e. The van der Waals surface area contributed by atoms with Gasteiger partial charge < -0.3 is 4.90 Å². The number of nitrogens with one attached hydrogen (secondary N) is 1. The number of likely N-dealkylation sites (tertiary alicyclic amines) is 1. The van der Waals surface area contributed by atoms with Crippen molar-refractivity contribution in [1.82, 2.24) is 10.2 Å². The molecule has 2 atom stereocenters. The highest BCUT2D eigenvalue weighted by molar-refractivity contribution is 7.10. The van der Waals surface area contributed by atoms with Crippen molar-refractivity contribution in [1.29, 1.82) is 0 Å². The third kappa shape index (κ3) is 2.21. The van der Waals surface area contributed by atoms with Gasteiger partial charge in [-0.25, -0.2) is 0 Å². The Morgan fingerprint density at radius 3 is 3.00 bits per heavy atom. The predicted octanol–water partition coefficient (Wildman–Crippen LogP) is 1.63. The molecule has 0 saturated carbocycles. The first-order valence-corrected chi connectivity index (χ1v) is 6.11. The minimum atomic E-state index is 0.00657. The molecule has 1 aromatic heterocycles. The molecule has 1 unspecified atom stereocenters. The normalized spacial score (nSPS) is 23.5. The zero-order chi connectivity index (χ0) is 10.8. The van der Waals surface area contributed by atoms with Crippen molar-refractivity contribution >= 4 is 17.2 Å². The van der Waals surface area contributed by atoms with E-state index < -0.39 is 0 Å². The fourth-order valence-electron chi connectivity index (χ4n) is 1.90. The topological polar surface area (TPSA) is 32.3 Å². The van der Waals surface area contributed by atoms with Gasteiger partial charge >= 0.3 is 0 Å². The summed E-state index contributed by atoms with van der Waals surface area (Å²) in [7, 11) is 1.86. The van der Waals surface area contributed by atoms with Gasteiger partial charge in [-0.3, -0.25) is 10.1 Å². The molecule has 15 heavy (non-hydrogen) atoms. The quantitative estimate of drug-likeness (QED) is 0.846. The molecule has 1 N–H and O–H groups in total. The summed E-state index contributed by atoms with van der Waals surface area (Å²) in [6.07, 6.45) is 0.922. The van der Waals surface area contributed by atoms with Gasteiger partial charge in [0, 0.05) is 24.5 Å². The van der Waals surface area contributed by atoms with Gasteiger partial charge in [0.15, 0.2) is 0 Å². The maximum atomic E-state index is 11.7. The number of thiophene rings is 1. The highest BCUT2D eigenvalue weighted by Gasteiger charge is 2.29. The van der Waals surface area contributed by atoms with Gasteiger partial charge in [-0.1, -0.05) is 6.07 Å². The highest BCUT2D eigenvalue weighted by atomic mass is 32.1. The fraction of sp³-hybridized carbons (Fsp3) is 0.545. The van der Waals surface area contributed by atoms with Crippen LogP contribution in [-0.2, 0) is 4.79 Å². The van der Waals surface area contributed by atoms with Crippen LogP contribution in [0.5, 0.6) is 0 Å². The number of hydrogen-bond donors (Lipinski definition) is 1. The van der Waals surface area contributed by atoms with Gasteiger partial charge in [0.25, 0.3) is 0 Å². The first kappa shape index (κ1) is 10.6. The molecule has 0 radical (unpaired) electrons. The first-order chi connectivity index (χ1) is 7.18. The number of carbonyl (C=O) groups excluding carboxylic acids is 1.